The highest BCUT2D eigenvalue weighted by atomic mass is 32.2. The molecule has 0 aliphatic heterocycles. The van der Waals surface area contributed by atoms with Crippen LogP contribution < -0.4 is 0 Å². The predicted molar refractivity (Wildman–Crippen MR) is 61.7 cm³/mol. The Morgan fingerprint density at radius 2 is 2.33 bits per heavy atom. The lowest BCUT2D eigenvalue weighted by Gasteiger charge is -2.02. The Hall–Kier alpha value is -0.550. The molecule has 0 amide bonds. The molecular weight excluding hydrogens is 230 g/mol. The van der Waals surface area contributed by atoms with Gasteiger partial charge >= 0.3 is 5.97 Å². The van der Waals surface area contributed by atoms with Crippen LogP contribution in [-0.2, 0) is 4.79 Å². The molecule has 1 aromatic heterocycles. The molecule has 1 aliphatic carbocycles. The molecule has 3 nitrogen and oxygen atoms in total. The lowest BCUT2D eigenvalue weighted by molar-refractivity contribution is -0.133. The molecular formula is C10H13NO2S2. The second-order valence-electron chi connectivity index (χ2n) is 3.70. The zero-order chi connectivity index (χ0) is 10.7. The van der Waals surface area contributed by atoms with E-state index in [2.05, 4.69) is 10.4 Å². The quantitative estimate of drug-likeness (QED) is 0.826. The van der Waals surface area contributed by atoms with Gasteiger partial charge in [-0.15, -0.1) is 11.3 Å². The molecule has 0 radical (unpaired) electrons. The first-order valence-corrected chi connectivity index (χ1v) is 6.92. The predicted octanol–water partition coefficient (Wildman–Crippen LogP) is 2.98. The van der Waals surface area contributed by atoms with Crippen molar-refractivity contribution in [1.29, 1.82) is 0 Å². The van der Waals surface area contributed by atoms with Crippen molar-refractivity contribution < 1.29 is 9.90 Å². The fraction of sp³-hybridized carbons (Fsp3) is 0.600. The molecule has 1 saturated carbocycles. The van der Waals surface area contributed by atoms with Crippen LogP contribution in [-0.4, -0.2) is 21.8 Å². The number of thiazole rings is 1. The third kappa shape index (κ3) is 2.95. The van der Waals surface area contributed by atoms with Gasteiger partial charge in [0.15, 0.2) is 4.34 Å². The molecule has 1 aromatic rings. The topological polar surface area (TPSA) is 50.2 Å². The van der Waals surface area contributed by atoms with Gasteiger partial charge in [-0.2, -0.15) is 0 Å². The summed E-state index contributed by atoms with van der Waals surface area (Å²) >= 11 is 2.88. The molecule has 1 fully saturated rings. The second kappa shape index (κ2) is 4.99. The van der Waals surface area contributed by atoms with Gasteiger partial charge in [-0.05, 0) is 12.8 Å². The smallest absolute Gasteiger partial charge is 0.313 e. The Kier molecular flexibility index (Phi) is 3.64. The number of thioether (sulfide) groups is 1. The highest BCUT2D eigenvalue weighted by Crippen LogP contribution is 2.36. The van der Waals surface area contributed by atoms with Crippen molar-refractivity contribution >= 4 is 29.1 Å². The number of aromatic nitrogens is 1. The van der Waals surface area contributed by atoms with E-state index >= 15 is 0 Å². The van der Waals surface area contributed by atoms with E-state index in [1.165, 1.54) is 43.1 Å². The number of hydrogen-bond acceptors (Lipinski definition) is 4. The number of rotatable bonds is 4. The summed E-state index contributed by atoms with van der Waals surface area (Å²) in [6.45, 7) is 0. The van der Waals surface area contributed by atoms with E-state index in [9.17, 15) is 4.79 Å². The molecule has 0 bridgehead atoms. The summed E-state index contributed by atoms with van der Waals surface area (Å²) in [5.74, 6) is -0.0458. The first-order chi connectivity index (χ1) is 7.25. The van der Waals surface area contributed by atoms with Crippen LogP contribution in [0.3, 0.4) is 0 Å². The van der Waals surface area contributed by atoms with Gasteiger partial charge in [0.25, 0.3) is 0 Å². The summed E-state index contributed by atoms with van der Waals surface area (Å²) in [6, 6.07) is 0. The Balaban J connectivity index is 1.94. The number of carboxylic acid groups (broad SMARTS) is 1. The maximum absolute atomic E-state index is 10.4. The van der Waals surface area contributed by atoms with Crippen molar-refractivity contribution in [2.75, 3.05) is 5.75 Å². The minimum Gasteiger partial charge on any atom is -0.481 e. The molecule has 0 atom stereocenters. The van der Waals surface area contributed by atoms with Crippen LogP contribution in [0.5, 0.6) is 0 Å². The molecule has 5 heteroatoms. The summed E-state index contributed by atoms with van der Waals surface area (Å²) in [4.78, 5) is 14.9. The molecule has 2 rings (SSSR count). The van der Waals surface area contributed by atoms with Crippen molar-refractivity contribution in [2.24, 2.45) is 0 Å². The van der Waals surface area contributed by atoms with Gasteiger partial charge in [0.2, 0.25) is 0 Å². The van der Waals surface area contributed by atoms with Crippen LogP contribution in [0.1, 0.15) is 37.3 Å². The van der Waals surface area contributed by atoms with Crippen LogP contribution in [0, 0.1) is 0 Å². The van der Waals surface area contributed by atoms with E-state index in [0.29, 0.717) is 5.92 Å². The van der Waals surface area contributed by atoms with Crippen molar-refractivity contribution in [3.05, 3.63) is 11.1 Å². The molecule has 1 N–H and O–H groups in total. The van der Waals surface area contributed by atoms with Crippen LogP contribution in [0.15, 0.2) is 9.72 Å². The number of carbonyl (C=O) groups is 1. The van der Waals surface area contributed by atoms with E-state index in [-0.39, 0.29) is 5.75 Å². The van der Waals surface area contributed by atoms with Gasteiger partial charge in [0, 0.05) is 11.3 Å². The number of aliphatic carboxylic acids is 1. The van der Waals surface area contributed by atoms with Crippen molar-refractivity contribution in [3.8, 4) is 0 Å². The normalized spacial score (nSPS) is 17.1. The third-order valence-electron chi connectivity index (χ3n) is 2.59. The van der Waals surface area contributed by atoms with Crippen molar-refractivity contribution in [1.82, 2.24) is 4.98 Å². The standard InChI is InChI=1S/C10H13NO2S2/c12-9(13)6-15-10-11-8(5-14-10)7-3-1-2-4-7/h5,7H,1-4,6H2,(H,12,13). The average Bonchev–Trinajstić information content (AvgIpc) is 2.85. The van der Waals surface area contributed by atoms with Gasteiger partial charge < -0.3 is 5.11 Å². The van der Waals surface area contributed by atoms with Crippen molar-refractivity contribution in [3.63, 3.8) is 0 Å². The Labute approximate surface area is 96.9 Å². The Morgan fingerprint density at radius 1 is 1.60 bits per heavy atom. The first kappa shape index (κ1) is 11.0. The third-order valence-corrected chi connectivity index (χ3v) is 4.62. The fourth-order valence-corrected chi connectivity index (χ4v) is 3.50. The highest BCUT2D eigenvalue weighted by Gasteiger charge is 2.19. The van der Waals surface area contributed by atoms with Crippen molar-refractivity contribution in [2.45, 2.75) is 35.9 Å². The molecule has 15 heavy (non-hydrogen) atoms. The zero-order valence-electron chi connectivity index (χ0n) is 8.31. The van der Waals surface area contributed by atoms with E-state index in [0.717, 1.165) is 4.34 Å². The summed E-state index contributed by atoms with van der Waals surface area (Å²) in [5.41, 5.74) is 1.17. The maximum atomic E-state index is 10.4. The molecule has 0 aromatic carbocycles. The Bertz CT molecular complexity index is 345. The summed E-state index contributed by atoms with van der Waals surface area (Å²) in [5, 5.41) is 10.6. The number of nitrogens with zero attached hydrogens (tertiary/aromatic N) is 1. The number of carboxylic acids is 1. The average molecular weight is 243 g/mol. The lowest BCUT2D eigenvalue weighted by atomic mass is 10.1. The molecule has 0 spiro atoms. The number of hydrogen-bond donors (Lipinski definition) is 1. The highest BCUT2D eigenvalue weighted by molar-refractivity contribution is 8.01. The van der Waals surface area contributed by atoms with Gasteiger partial charge in [-0.25, -0.2) is 4.98 Å². The monoisotopic (exact) mass is 243 g/mol. The molecule has 82 valence electrons. The fourth-order valence-electron chi connectivity index (χ4n) is 1.87. The van der Waals surface area contributed by atoms with Crippen LogP contribution in [0.2, 0.25) is 0 Å². The van der Waals surface area contributed by atoms with Crippen LogP contribution in [0.25, 0.3) is 0 Å². The minimum absolute atomic E-state index is 0.109. The lowest BCUT2D eigenvalue weighted by Crippen LogP contribution is -1.97. The van der Waals surface area contributed by atoms with Gasteiger partial charge in [0.1, 0.15) is 0 Å². The largest absolute Gasteiger partial charge is 0.481 e. The van der Waals surface area contributed by atoms with E-state index in [1.54, 1.807) is 11.3 Å². The van der Waals surface area contributed by atoms with E-state index in [1.807, 2.05) is 0 Å². The zero-order valence-corrected chi connectivity index (χ0v) is 9.94. The van der Waals surface area contributed by atoms with Gasteiger partial charge in [-0.3, -0.25) is 4.79 Å². The van der Waals surface area contributed by atoms with E-state index < -0.39 is 5.97 Å². The summed E-state index contributed by atoms with van der Waals surface area (Å²) < 4.78 is 0.888. The summed E-state index contributed by atoms with van der Waals surface area (Å²) in [6.07, 6.45) is 5.10. The minimum atomic E-state index is -0.780. The molecule has 1 aliphatic rings. The molecule has 0 saturated heterocycles. The van der Waals surface area contributed by atoms with E-state index in [4.69, 9.17) is 5.11 Å². The maximum Gasteiger partial charge on any atom is 0.313 e. The van der Waals surface area contributed by atoms with Crippen LogP contribution >= 0.6 is 23.1 Å². The second-order valence-corrected chi connectivity index (χ2v) is 5.78. The Morgan fingerprint density at radius 3 is 3.00 bits per heavy atom. The van der Waals surface area contributed by atoms with Crippen LogP contribution in [0.4, 0.5) is 0 Å². The van der Waals surface area contributed by atoms with Gasteiger partial charge in [-0.1, -0.05) is 24.6 Å². The first-order valence-electron chi connectivity index (χ1n) is 5.05. The molecule has 0 unspecified atom stereocenters. The SMILES string of the molecule is O=C(O)CSc1nc(C2CCCC2)cs1. The molecule has 1 heterocycles. The summed E-state index contributed by atoms with van der Waals surface area (Å²) in [7, 11) is 0. The van der Waals surface area contributed by atoms with Gasteiger partial charge in [0.05, 0.1) is 11.4 Å².